The van der Waals surface area contributed by atoms with Gasteiger partial charge in [-0.25, -0.2) is 9.67 Å². The molecule has 1 fully saturated rings. The standard InChI is InChI=1S/C26H31N5O3/c1-18-24(19(2)31(28-18)22-10-5-6-11-27-22)30-14-12-29(13-15-30)23(32)17-33-21-9-7-8-20-16-26(3,4)34-25(20)21/h5-11H,12-17H2,1-4H3. The van der Waals surface area contributed by atoms with Gasteiger partial charge in [0.25, 0.3) is 5.91 Å². The predicted octanol–water partition coefficient (Wildman–Crippen LogP) is 3.33. The molecule has 0 spiro atoms. The minimum Gasteiger partial charge on any atom is -0.483 e. The van der Waals surface area contributed by atoms with Gasteiger partial charge in [-0.2, -0.15) is 5.10 Å². The largest absolute Gasteiger partial charge is 0.483 e. The Morgan fingerprint density at radius 3 is 2.62 bits per heavy atom. The first-order valence-corrected chi connectivity index (χ1v) is 11.8. The second kappa shape index (κ2) is 8.66. The Hall–Kier alpha value is -3.55. The van der Waals surface area contributed by atoms with Crippen LogP contribution in [-0.2, 0) is 11.2 Å². The molecule has 5 rings (SSSR count). The van der Waals surface area contributed by atoms with Crippen molar-refractivity contribution in [3.8, 4) is 17.3 Å². The molecule has 0 atom stereocenters. The van der Waals surface area contributed by atoms with E-state index < -0.39 is 0 Å². The number of fused-ring (bicyclic) bond motifs is 1. The van der Waals surface area contributed by atoms with Crippen molar-refractivity contribution in [3.05, 3.63) is 59.5 Å². The number of carbonyl (C=O) groups is 1. The lowest BCUT2D eigenvalue weighted by Crippen LogP contribution is -2.50. The van der Waals surface area contributed by atoms with E-state index >= 15 is 0 Å². The number of aryl methyl sites for hydroxylation is 1. The summed E-state index contributed by atoms with van der Waals surface area (Å²) >= 11 is 0. The zero-order valence-electron chi connectivity index (χ0n) is 20.2. The molecule has 0 saturated carbocycles. The van der Waals surface area contributed by atoms with Crippen molar-refractivity contribution in [1.82, 2.24) is 19.7 Å². The fourth-order valence-electron chi connectivity index (χ4n) is 4.91. The molecule has 0 bridgehead atoms. The molecule has 0 N–H and O–H groups in total. The van der Waals surface area contributed by atoms with E-state index in [4.69, 9.17) is 14.6 Å². The van der Waals surface area contributed by atoms with Gasteiger partial charge in [0, 0.05) is 44.4 Å². The van der Waals surface area contributed by atoms with E-state index in [1.807, 2.05) is 46.8 Å². The number of amides is 1. The average Bonchev–Trinajstić information content (AvgIpc) is 3.32. The first-order valence-electron chi connectivity index (χ1n) is 11.8. The van der Waals surface area contributed by atoms with Gasteiger partial charge >= 0.3 is 0 Å². The van der Waals surface area contributed by atoms with E-state index in [0.717, 1.165) is 53.7 Å². The summed E-state index contributed by atoms with van der Waals surface area (Å²) in [7, 11) is 0. The molecule has 2 aliphatic heterocycles. The van der Waals surface area contributed by atoms with Crippen LogP contribution in [0.4, 0.5) is 5.69 Å². The average molecular weight is 462 g/mol. The minimum atomic E-state index is -0.247. The van der Waals surface area contributed by atoms with Gasteiger partial charge in [-0.1, -0.05) is 18.2 Å². The maximum absolute atomic E-state index is 12.9. The van der Waals surface area contributed by atoms with E-state index in [-0.39, 0.29) is 18.1 Å². The molecule has 1 amide bonds. The molecule has 0 radical (unpaired) electrons. The summed E-state index contributed by atoms with van der Waals surface area (Å²) in [4.78, 5) is 21.5. The normalized spacial score (nSPS) is 16.8. The van der Waals surface area contributed by atoms with Crippen LogP contribution in [0.1, 0.15) is 30.8 Å². The maximum Gasteiger partial charge on any atom is 0.260 e. The third-order valence-electron chi connectivity index (χ3n) is 6.47. The van der Waals surface area contributed by atoms with E-state index in [1.165, 1.54) is 0 Å². The Labute approximate surface area is 200 Å². The smallest absolute Gasteiger partial charge is 0.260 e. The monoisotopic (exact) mass is 461 g/mol. The van der Waals surface area contributed by atoms with E-state index in [9.17, 15) is 4.79 Å². The van der Waals surface area contributed by atoms with Crippen LogP contribution in [0.3, 0.4) is 0 Å². The van der Waals surface area contributed by atoms with Crippen molar-refractivity contribution in [1.29, 1.82) is 0 Å². The van der Waals surface area contributed by atoms with Gasteiger partial charge in [-0.3, -0.25) is 4.79 Å². The highest BCUT2D eigenvalue weighted by Gasteiger charge is 2.33. The molecule has 1 saturated heterocycles. The summed E-state index contributed by atoms with van der Waals surface area (Å²) in [6.07, 6.45) is 2.61. The Morgan fingerprint density at radius 2 is 1.88 bits per heavy atom. The van der Waals surface area contributed by atoms with E-state index in [0.29, 0.717) is 18.8 Å². The van der Waals surface area contributed by atoms with E-state index in [2.05, 4.69) is 36.7 Å². The van der Waals surface area contributed by atoms with Crippen LogP contribution in [0.5, 0.6) is 11.5 Å². The number of pyridine rings is 1. The summed E-state index contributed by atoms with van der Waals surface area (Å²) in [5, 5.41) is 4.71. The van der Waals surface area contributed by atoms with E-state index in [1.54, 1.807) is 6.20 Å². The molecule has 3 aromatic rings. The van der Waals surface area contributed by atoms with Crippen LogP contribution < -0.4 is 14.4 Å². The van der Waals surface area contributed by atoms with Crippen molar-refractivity contribution in [2.75, 3.05) is 37.7 Å². The lowest BCUT2D eigenvalue weighted by Gasteiger charge is -2.36. The molecule has 0 aliphatic carbocycles. The molecule has 8 nitrogen and oxygen atoms in total. The second-order valence-electron chi connectivity index (χ2n) is 9.56. The number of para-hydroxylation sites is 1. The fraction of sp³-hybridized carbons (Fsp3) is 0.423. The highest BCUT2D eigenvalue weighted by molar-refractivity contribution is 5.78. The summed E-state index contributed by atoms with van der Waals surface area (Å²) in [6.45, 7) is 11.0. The Kier molecular flexibility index (Phi) is 5.67. The van der Waals surface area contributed by atoms with Gasteiger partial charge in [-0.05, 0) is 45.9 Å². The number of rotatable bonds is 5. The number of hydrogen-bond acceptors (Lipinski definition) is 6. The van der Waals surface area contributed by atoms with Gasteiger partial charge in [0.2, 0.25) is 0 Å². The number of piperazine rings is 1. The van der Waals surface area contributed by atoms with Gasteiger partial charge in [0.1, 0.15) is 5.60 Å². The number of ether oxygens (including phenoxy) is 2. The first kappa shape index (κ1) is 22.3. The van der Waals surface area contributed by atoms with Crippen LogP contribution in [-0.4, -0.2) is 64.0 Å². The third-order valence-corrected chi connectivity index (χ3v) is 6.47. The fourth-order valence-corrected chi connectivity index (χ4v) is 4.91. The molecule has 178 valence electrons. The maximum atomic E-state index is 12.9. The van der Waals surface area contributed by atoms with Crippen LogP contribution >= 0.6 is 0 Å². The van der Waals surface area contributed by atoms with Gasteiger partial charge < -0.3 is 19.3 Å². The van der Waals surface area contributed by atoms with Crippen LogP contribution in [0.2, 0.25) is 0 Å². The summed E-state index contributed by atoms with van der Waals surface area (Å²) in [5.74, 6) is 2.21. The van der Waals surface area contributed by atoms with Crippen molar-refractivity contribution in [3.63, 3.8) is 0 Å². The molecule has 4 heterocycles. The highest BCUT2D eigenvalue weighted by Crippen LogP contribution is 2.41. The van der Waals surface area contributed by atoms with Gasteiger partial charge in [-0.15, -0.1) is 0 Å². The SMILES string of the molecule is Cc1nn(-c2ccccn2)c(C)c1N1CCN(C(=O)COc2cccc3c2OC(C)(C)C3)CC1. The molecule has 0 unspecified atom stereocenters. The number of carbonyl (C=O) groups excluding carboxylic acids is 1. The van der Waals surface area contributed by atoms with Gasteiger partial charge in [0.05, 0.1) is 17.1 Å². The van der Waals surface area contributed by atoms with Crippen molar-refractivity contribution < 1.29 is 14.3 Å². The number of benzene rings is 1. The molecule has 1 aromatic carbocycles. The van der Waals surface area contributed by atoms with Crippen molar-refractivity contribution in [2.24, 2.45) is 0 Å². The Morgan fingerprint density at radius 1 is 1.09 bits per heavy atom. The molecule has 34 heavy (non-hydrogen) atoms. The third kappa shape index (κ3) is 4.20. The highest BCUT2D eigenvalue weighted by atomic mass is 16.5. The van der Waals surface area contributed by atoms with Crippen LogP contribution in [0.15, 0.2) is 42.6 Å². The second-order valence-corrected chi connectivity index (χ2v) is 9.56. The molecule has 2 aliphatic rings. The van der Waals surface area contributed by atoms with Crippen molar-refractivity contribution in [2.45, 2.75) is 39.7 Å². The Bertz CT molecular complexity index is 1200. The quantitative estimate of drug-likeness (QED) is 0.580. The topological polar surface area (TPSA) is 72.7 Å². The number of anilines is 1. The number of aromatic nitrogens is 3. The zero-order chi connectivity index (χ0) is 23.9. The Balaban J connectivity index is 1.20. The zero-order valence-corrected chi connectivity index (χ0v) is 20.2. The first-order chi connectivity index (χ1) is 16.3. The molecule has 8 heteroatoms. The molecule has 2 aromatic heterocycles. The predicted molar refractivity (Wildman–Crippen MR) is 130 cm³/mol. The number of hydrogen-bond donors (Lipinski definition) is 0. The minimum absolute atomic E-state index is 0.00728. The number of nitrogens with zero attached hydrogens (tertiary/aromatic N) is 5. The van der Waals surface area contributed by atoms with Crippen LogP contribution in [0.25, 0.3) is 5.82 Å². The van der Waals surface area contributed by atoms with Crippen molar-refractivity contribution >= 4 is 11.6 Å². The van der Waals surface area contributed by atoms with Crippen LogP contribution in [0, 0.1) is 13.8 Å². The molecular formula is C26H31N5O3. The van der Waals surface area contributed by atoms with Gasteiger partial charge in [0.15, 0.2) is 23.9 Å². The lowest BCUT2D eigenvalue weighted by atomic mass is 10.0. The lowest BCUT2D eigenvalue weighted by molar-refractivity contribution is -0.133. The molecular weight excluding hydrogens is 430 g/mol. The summed E-state index contributed by atoms with van der Waals surface area (Å²) < 4.78 is 13.8. The summed E-state index contributed by atoms with van der Waals surface area (Å²) in [6, 6.07) is 11.7. The summed E-state index contributed by atoms with van der Waals surface area (Å²) in [5.41, 5.74) is 4.02.